The molecular weight excluding hydrogens is 324 g/mol. The predicted octanol–water partition coefficient (Wildman–Crippen LogP) is 3.44. The maximum atomic E-state index is 6.40. The number of nitrogens with zero attached hydrogens (tertiary/aromatic N) is 1. The molecule has 2 heterocycles. The summed E-state index contributed by atoms with van der Waals surface area (Å²) in [7, 11) is 0. The van der Waals surface area contributed by atoms with E-state index in [0.29, 0.717) is 18.9 Å². The number of ether oxygens (including phenoxy) is 2. The number of nitrogens with two attached hydrogens (primary N) is 1. The molecule has 0 amide bonds. The van der Waals surface area contributed by atoms with E-state index < -0.39 is 0 Å². The van der Waals surface area contributed by atoms with Gasteiger partial charge in [0.1, 0.15) is 0 Å². The summed E-state index contributed by atoms with van der Waals surface area (Å²) < 4.78 is 11.2. The number of rotatable bonds is 3. The largest absolute Gasteiger partial charge is 0.454 e. The van der Waals surface area contributed by atoms with E-state index in [1.165, 1.54) is 17.5 Å². The van der Waals surface area contributed by atoms with Gasteiger partial charge < -0.3 is 15.2 Å². The molecule has 2 fully saturated rings. The molecule has 2 aliphatic heterocycles. The highest BCUT2D eigenvalue weighted by molar-refractivity contribution is 5.48. The summed E-state index contributed by atoms with van der Waals surface area (Å²) in [6, 6.07) is 18.1. The van der Waals surface area contributed by atoms with Crippen molar-refractivity contribution in [2.45, 2.75) is 49.7 Å². The zero-order valence-electron chi connectivity index (χ0n) is 15.1. The SMILES string of the molecule is NC1CC[C@@]2(c3ccc4c(c3)OCO4)CCN(Cc3ccccc3)[C@H]2C1. The zero-order valence-corrected chi connectivity index (χ0v) is 15.1. The highest BCUT2D eigenvalue weighted by atomic mass is 16.7. The van der Waals surface area contributed by atoms with Gasteiger partial charge in [-0.05, 0) is 55.5 Å². The van der Waals surface area contributed by atoms with Crippen LogP contribution in [-0.4, -0.2) is 30.3 Å². The van der Waals surface area contributed by atoms with Crippen LogP contribution in [0.2, 0.25) is 0 Å². The minimum absolute atomic E-state index is 0.186. The molecule has 2 N–H and O–H groups in total. The fraction of sp³-hybridized carbons (Fsp3) is 0.455. The Morgan fingerprint density at radius 3 is 2.77 bits per heavy atom. The topological polar surface area (TPSA) is 47.7 Å². The molecule has 1 unspecified atom stereocenters. The fourth-order valence-electron chi connectivity index (χ4n) is 5.22. The second-order valence-corrected chi connectivity index (χ2v) is 7.98. The normalized spacial score (nSPS) is 30.3. The van der Waals surface area contributed by atoms with Crippen LogP contribution in [0.3, 0.4) is 0 Å². The van der Waals surface area contributed by atoms with Gasteiger partial charge in [-0.3, -0.25) is 4.90 Å². The molecule has 1 saturated heterocycles. The lowest BCUT2D eigenvalue weighted by atomic mass is 9.65. The van der Waals surface area contributed by atoms with Crippen molar-refractivity contribution < 1.29 is 9.47 Å². The van der Waals surface area contributed by atoms with Crippen molar-refractivity contribution in [3.63, 3.8) is 0 Å². The Hall–Kier alpha value is -2.04. The standard InChI is InChI=1S/C22H26N2O2/c23-18-8-9-22(17-6-7-19-20(12-17)26-15-25-19)10-11-24(21(22)13-18)14-16-4-2-1-3-5-16/h1-7,12,18,21H,8-11,13-15,23H2/t18?,21-,22-/m0/s1. The summed E-state index contributed by atoms with van der Waals surface area (Å²) in [6.07, 6.45) is 4.52. The second-order valence-electron chi connectivity index (χ2n) is 7.98. The van der Waals surface area contributed by atoms with Crippen molar-refractivity contribution in [3.8, 4) is 11.5 Å². The molecule has 0 bridgehead atoms. The molecule has 2 aromatic rings. The first-order valence-electron chi connectivity index (χ1n) is 9.68. The molecule has 3 atom stereocenters. The first-order chi connectivity index (χ1) is 12.7. The number of likely N-dealkylation sites (tertiary alicyclic amines) is 1. The van der Waals surface area contributed by atoms with Gasteiger partial charge in [-0.25, -0.2) is 0 Å². The van der Waals surface area contributed by atoms with Crippen molar-refractivity contribution in [3.05, 3.63) is 59.7 Å². The van der Waals surface area contributed by atoms with E-state index >= 15 is 0 Å². The van der Waals surface area contributed by atoms with Gasteiger partial charge in [-0.15, -0.1) is 0 Å². The van der Waals surface area contributed by atoms with Gasteiger partial charge in [0.05, 0.1) is 0 Å². The molecule has 0 aromatic heterocycles. The Morgan fingerprint density at radius 2 is 1.88 bits per heavy atom. The third-order valence-electron chi connectivity index (χ3n) is 6.59. The molecule has 4 heteroatoms. The maximum Gasteiger partial charge on any atom is 0.231 e. The molecule has 0 radical (unpaired) electrons. The van der Waals surface area contributed by atoms with Gasteiger partial charge in [0.25, 0.3) is 0 Å². The van der Waals surface area contributed by atoms with Crippen molar-refractivity contribution in [1.82, 2.24) is 4.90 Å². The Balaban J connectivity index is 1.48. The molecule has 0 spiro atoms. The molecule has 3 aliphatic rings. The molecule has 1 aliphatic carbocycles. The van der Waals surface area contributed by atoms with E-state index in [1.807, 2.05) is 0 Å². The van der Waals surface area contributed by atoms with Crippen LogP contribution in [0.1, 0.15) is 36.8 Å². The average molecular weight is 350 g/mol. The molecule has 136 valence electrons. The molecule has 2 aromatic carbocycles. The van der Waals surface area contributed by atoms with Crippen molar-refractivity contribution in [2.24, 2.45) is 5.73 Å². The third-order valence-corrected chi connectivity index (χ3v) is 6.59. The quantitative estimate of drug-likeness (QED) is 0.921. The van der Waals surface area contributed by atoms with Crippen molar-refractivity contribution >= 4 is 0 Å². The Kier molecular flexibility index (Phi) is 3.91. The minimum atomic E-state index is 0.186. The van der Waals surface area contributed by atoms with Crippen LogP contribution in [-0.2, 0) is 12.0 Å². The van der Waals surface area contributed by atoms with Crippen molar-refractivity contribution in [1.29, 1.82) is 0 Å². The van der Waals surface area contributed by atoms with Gasteiger partial charge in [0.2, 0.25) is 6.79 Å². The van der Waals surface area contributed by atoms with E-state index in [9.17, 15) is 0 Å². The lowest BCUT2D eigenvalue weighted by Gasteiger charge is -2.44. The first-order valence-corrected chi connectivity index (χ1v) is 9.68. The highest BCUT2D eigenvalue weighted by Gasteiger charge is 2.51. The number of hydrogen-bond acceptors (Lipinski definition) is 4. The monoisotopic (exact) mass is 350 g/mol. The van der Waals surface area contributed by atoms with E-state index in [2.05, 4.69) is 53.4 Å². The van der Waals surface area contributed by atoms with E-state index in [4.69, 9.17) is 15.2 Å². The van der Waals surface area contributed by atoms with Crippen LogP contribution >= 0.6 is 0 Å². The summed E-state index contributed by atoms with van der Waals surface area (Å²) >= 11 is 0. The zero-order chi connectivity index (χ0) is 17.6. The van der Waals surface area contributed by atoms with E-state index in [-0.39, 0.29) is 5.41 Å². The Morgan fingerprint density at radius 1 is 1.04 bits per heavy atom. The van der Waals surface area contributed by atoms with Gasteiger partial charge in [0.15, 0.2) is 11.5 Å². The highest BCUT2D eigenvalue weighted by Crippen LogP contribution is 2.50. The molecule has 5 rings (SSSR count). The smallest absolute Gasteiger partial charge is 0.231 e. The van der Waals surface area contributed by atoms with Crippen LogP contribution in [0, 0.1) is 0 Å². The van der Waals surface area contributed by atoms with E-state index in [0.717, 1.165) is 43.9 Å². The summed E-state index contributed by atoms with van der Waals surface area (Å²) in [4.78, 5) is 2.65. The Bertz CT molecular complexity index is 794. The van der Waals surface area contributed by atoms with Crippen LogP contribution in [0.4, 0.5) is 0 Å². The first kappa shape index (κ1) is 16.2. The van der Waals surface area contributed by atoms with Gasteiger partial charge in [-0.1, -0.05) is 36.4 Å². The summed E-state index contributed by atoms with van der Waals surface area (Å²) in [5.74, 6) is 1.76. The molecule has 4 nitrogen and oxygen atoms in total. The van der Waals surface area contributed by atoms with Crippen LogP contribution in [0.15, 0.2) is 48.5 Å². The number of benzene rings is 2. The van der Waals surface area contributed by atoms with Crippen LogP contribution in [0.25, 0.3) is 0 Å². The fourth-order valence-corrected chi connectivity index (χ4v) is 5.22. The summed E-state index contributed by atoms with van der Waals surface area (Å²) in [5.41, 5.74) is 9.37. The summed E-state index contributed by atoms with van der Waals surface area (Å²) in [5, 5.41) is 0. The van der Waals surface area contributed by atoms with Gasteiger partial charge in [0, 0.05) is 24.0 Å². The molecule has 1 saturated carbocycles. The maximum absolute atomic E-state index is 6.40. The van der Waals surface area contributed by atoms with E-state index in [1.54, 1.807) is 0 Å². The van der Waals surface area contributed by atoms with Crippen molar-refractivity contribution in [2.75, 3.05) is 13.3 Å². The number of hydrogen-bond donors (Lipinski definition) is 1. The molecular formula is C22H26N2O2. The molecule has 26 heavy (non-hydrogen) atoms. The van der Waals surface area contributed by atoms with Crippen LogP contribution < -0.4 is 15.2 Å². The van der Waals surface area contributed by atoms with Gasteiger partial charge >= 0.3 is 0 Å². The third kappa shape index (κ3) is 2.60. The Labute approximate surface area is 154 Å². The summed E-state index contributed by atoms with van der Waals surface area (Å²) in [6.45, 7) is 2.46. The van der Waals surface area contributed by atoms with Crippen LogP contribution in [0.5, 0.6) is 11.5 Å². The lowest BCUT2D eigenvalue weighted by Crippen LogP contribution is -2.50. The second kappa shape index (κ2) is 6.29. The average Bonchev–Trinajstić information content (AvgIpc) is 3.28. The number of fused-ring (bicyclic) bond motifs is 2. The predicted molar refractivity (Wildman–Crippen MR) is 101 cm³/mol. The minimum Gasteiger partial charge on any atom is -0.454 e. The van der Waals surface area contributed by atoms with Gasteiger partial charge in [-0.2, -0.15) is 0 Å². The lowest BCUT2D eigenvalue weighted by molar-refractivity contribution is 0.139.